The molecule has 2 amide bonds. The van der Waals surface area contributed by atoms with Gasteiger partial charge < -0.3 is 30.3 Å². The highest BCUT2D eigenvalue weighted by atomic mass is 32.2. The molecule has 0 radical (unpaired) electrons. The number of aromatic hydroxyl groups is 2. The second kappa shape index (κ2) is 18.4. The van der Waals surface area contributed by atoms with E-state index in [2.05, 4.69) is 27.8 Å². The number of hydrogen-bond donors (Lipinski definition) is 5. The van der Waals surface area contributed by atoms with Crippen molar-refractivity contribution in [3.63, 3.8) is 0 Å². The molecule has 6 aromatic rings. The van der Waals surface area contributed by atoms with Crippen molar-refractivity contribution in [1.29, 1.82) is 0 Å². The van der Waals surface area contributed by atoms with Crippen LogP contribution < -0.4 is 20.1 Å². The van der Waals surface area contributed by atoms with Crippen molar-refractivity contribution >= 4 is 66.2 Å². The third kappa shape index (κ3) is 10.1. The number of phenolic OH excluding ortho intramolecular Hbond substituents is 2. The van der Waals surface area contributed by atoms with Crippen molar-refractivity contribution < 1.29 is 42.2 Å². The van der Waals surface area contributed by atoms with Crippen LogP contribution in [-0.4, -0.2) is 41.6 Å². The lowest BCUT2D eigenvalue weighted by Gasteiger charge is -2.16. The summed E-state index contributed by atoms with van der Waals surface area (Å²) in [6, 6.07) is 24.5. The van der Waals surface area contributed by atoms with E-state index >= 15 is 0 Å². The molecule has 0 heterocycles. The number of nitrogens with one attached hydrogen (secondary N) is 2. The second-order valence-corrected chi connectivity index (χ2v) is 15.7. The number of anilines is 2. The molecule has 5 N–H and O–H groups in total. The Morgan fingerprint density at radius 3 is 2.17 bits per heavy atom. The number of benzene rings is 6. The minimum Gasteiger partial charge on any atom is -0.506 e. The molecule has 0 aromatic heterocycles. The Morgan fingerprint density at radius 2 is 1.46 bits per heavy atom. The third-order valence-electron chi connectivity index (χ3n) is 9.65. The number of amides is 2. The molecule has 0 aliphatic rings. The van der Waals surface area contributed by atoms with Gasteiger partial charge in [0, 0.05) is 23.1 Å². The van der Waals surface area contributed by atoms with E-state index in [1.807, 2.05) is 25.1 Å². The Kier molecular flexibility index (Phi) is 13.1. The lowest BCUT2D eigenvalue weighted by Crippen LogP contribution is -2.14. The first kappa shape index (κ1) is 42.1. The van der Waals surface area contributed by atoms with Crippen molar-refractivity contribution in [3.8, 4) is 28.7 Å². The van der Waals surface area contributed by atoms with Crippen molar-refractivity contribution in [2.45, 2.75) is 71.1 Å². The Labute approximate surface area is 342 Å². The van der Waals surface area contributed by atoms with Crippen LogP contribution in [0.5, 0.6) is 28.7 Å². The van der Waals surface area contributed by atoms with Gasteiger partial charge in [-0.1, -0.05) is 69.4 Å². The fraction of sp³-hybridized carbons (Fsp3) is 0.244. The zero-order valence-corrected chi connectivity index (χ0v) is 34.0. The molecule has 0 fully saturated rings. The van der Waals surface area contributed by atoms with Crippen molar-refractivity contribution in [1.82, 2.24) is 0 Å². The molecular weight excluding hydrogens is 773 g/mol. The van der Waals surface area contributed by atoms with Gasteiger partial charge in [0.1, 0.15) is 28.7 Å². The number of rotatable bonds is 16. The van der Waals surface area contributed by atoms with Crippen molar-refractivity contribution in [3.05, 3.63) is 108 Å². The minimum atomic E-state index is -4.62. The first-order valence-electron chi connectivity index (χ1n) is 19.3. The van der Waals surface area contributed by atoms with Crippen LogP contribution in [0.2, 0.25) is 0 Å². The summed E-state index contributed by atoms with van der Waals surface area (Å²) in [7, 11) is -4.62. The van der Waals surface area contributed by atoms with Crippen LogP contribution in [0, 0.1) is 13.8 Å². The van der Waals surface area contributed by atoms with Gasteiger partial charge in [0.2, 0.25) is 5.91 Å². The Bertz CT molecular complexity index is 2680. The summed E-state index contributed by atoms with van der Waals surface area (Å²) in [5, 5.41) is 37.9. The molecule has 0 aliphatic heterocycles. The minimum absolute atomic E-state index is 0.00827. The number of hydrogen-bond acceptors (Lipinski definition) is 10. The Hall–Kier alpha value is -6.51. The van der Waals surface area contributed by atoms with Gasteiger partial charge in [0.25, 0.3) is 16.0 Å². The quantitative estimate of drug-likeness (QED) is 0.0358. The largest absolute Gasteiger partial charge is 0.506 e. The monoisotopic (exact) mass is 818 g/mol. The van der Waals surface area contributed by atoms with Gasteiger partial charge in [-0.15, -0.1) is 5.11 Å². The number of nitrogens with zero attached hydrogens (tertiary/aromatic N) is 2. The third-order valence-corrected chi connectivity index (χ3v) is 10.5. The van der Waals surface area contributed by atoms with Gasteiger partial charge in [-0.2, -0.15) is 13.5 Å². The molecule has 0 saturated carbocycles. The maximum absolute atomic E-state index is 13.8. The molecule has 13 nitrogen and oxygen atoms in total. The molecule has 0 saturated heterocycles. The second-order valence-electron chi connectivity index (χ2n) is 14.3. The Morgan fingerprint density at radius 1 is 0.746 bits per heavy atom. The van der Waals surface area contributed by atoms with Crippen LogP contribution in [0.1, 0.15) is 73.9 Å². The highest BCUT2D eigenvalue weighted by Crippen LogP contribution is 2.44. The smallest absolute Gasteiger partial charge is 0.294 e. The summed E-state index contributed by atoms with van der Waals surface area (Å²) in [5.41, 5.74) is 2.31. The molecule has 306 valence electrons. The fourth-order valence-corrected chi connectivity index (χ4v) is 7.25. The lowest BCUT2D eigenvalue weighted by molar-refractivity contribution is -0.114. The van der Waals surface area contributed by atoms with Gasteiger partial charge in [-0.3, -0.25) is 14.1 Å². The SMILES string of the molecule is CCCCCCCCOc1ccc(C)cc1NC(=O)c1cc(Oc2ccc(N=Nc3c(C)cc4cc(S(=O)(=O)O)cc(NC(C)=O)c4c3O)cc2)c2ccccc2c1O. The maximum atomic E-state index is 13.8. The van der Waals surface area contributed by atoms with Crippen LogP contribution in [0.15, 0.2) is 106 Å². The van der Waals surface area contributed by atoms with Gasteiger partial charge >= 0.3 is 0 Å². The highest BCUT2D eigenvalue weighted by Gasteiger charge is 2.22. The number of ether oxygens (including phenoxy) is 2. The topological polar surface area (TPSA) is 196 Å². The van der Waals surface area contributed by atoms with Crippen LogP contribution in [0.25, 0.3) is 21.5 Å². The fourth-order valence-electron chi connectivity index (χ4n) is 6.71. The van der Waals surface area contributed by atoms with Crippen molar-refractivity contribution in [2.24, 2.45) is 10.2 Å². The molecule has 14 heteroatoms. The lowest BCUT2D eigenvalue weighted by atomic mass is 10.0. The van der Waals surface area contributed by atoms with E-state index in [4.69, 9.17) is 9.47 Å². The van der Waals surface area contributed by atoms with Crippen LogP contribution >= 0.6 is 0 Å². The van der Waals surface area contributed by atoms with E-state index in [-0.39, 0.29) is 39.2 Å². The van der Waals surface area contributed by atoms with E-state index < -0.39 is 26.8 Å². The van der Waals surface area contributed by atoms with E-state index in [9.17, 15) is 32.8 Å². The molecule has 0 unspecified atom stereocenters. The predicted molar refractivity (Wildman–Crippen MR) is 229 cm³/mol. The molecule has 0 aliphatic carbocycles. The molecule has 0 bridgehead atoms. The van der Waals surface area contributed by atoms with Gasteiger partial charge in [-0.05, 0) is 97.4 Å². The number of carbonyl (C=O) groups excluding carboxylic acids is 2. The summed E-state index contributed by atoms with van der Waals surface area (Å²) >= 11 is 0. The number of carbonyl (C=O) groups is 2. The molecule has 59 heavy (non-hydrogen) atoms. The molecule has 0 spiro atoms. The number of unbranched alkanes of at least 4 members (excludes halogenated alkanes) is 5. The van der Waals surface area contributed by atoms with Gasteiger partial charge in [-0.25, -0.2) is 0 Å². The van der Waals surface area contributed by atoms with Gasteiger partial charge in [0.15, 0.2) is 5.75 Å². The van der Waals surface area contributed by atoms with Gasteiger partial charge in [0.05, 0.1) is 34.1 Å². The first-order valence-corrected chi connectivity index (χ1v) is 20.7. The number of fused-ring (bicyclic) bond motifs is 2. The van der Waals surface area contributed by atoms with E-state index in [1.165, 1.54) is 38.3 Å². The Balaban J connectivity index is 1.23. The summed E-state index contributed by atoms with van der Waals surface area (Å²) in [5.74, 6) is -0.350. The normalized spacial score (nSPS) is 11.6. The summed E-state index contributed by atoms with van der Waals surface area (Å²) < 4.78 is 45.8. The summed E-state index contributed by atoms with van der Waals surface area (Å²) in [6.45, 7) is 7.50. The first-order chi connectivity index (χ1) is 28.2. The maximum Gasteiger partial charge on any atom is 0.294 e. The summed E-state index contributed by atoms with van der Waals surface area (Å²) in [4.78, 5) is 25.3. The van der Waals surface area contributed by atoms with E-state index in [0.717, 1.165) is 30.9 Å². The molecule has 0 atom stereocenters. The standard InChI is InChI=1S/C45H46N4O9S/c1-5-6-7-8-9-12-21-57-39-20-15-27(2)22-37(39)47-45(53)36-26-40(34-13-10-11-14-35(34)43(36)51)58-32-18-16-31(17-19-32)48-49-42-28(3)23-30-24-33(59(54,55)56)25-38(46-29(4)50)41(30)44(42)52/h10-11,13-20,22-26,51-52H,5-9,12,21H2,1-4H3,(H,46,50)(H,47,53)(H,54,55,56). The predicted octanol–water partition coefficient (Wildman–Crippen LogP) is 11.4. The number of phenols is 2. The van der Waals surface area contributed by atoms with E-state index in [1.54, 1.807) is 61.5 Å². The average Bonchev–Trinajstić information content (AvgIpc) is 3.19. The number of aryl methyl sites for hydroxylation is 2. The number of azo groups is 1. The van der Waals surface area contributed by atoms with Crippen molar-refractivity contribution in [2.75, 3.05) is 17.2 Å². The van der Waals surface area contributed by atoms with E-state index in [0.29, 0.717) is 51.6 Å². The highest BCUT2D eigenvalue weighted by molar-refractivity contribution is 7.85. The van der Waals surface area contributed by atoms with Crippen LogP contribution in [0.3, 0.4) is 0 Å². The average molecular weight is 819 g/mol. The zero-order valence-electron chi connectivity index (χ0n) is 33.2. The molecule has 6 aromatic carbocycles. The van der Waals surface area contributed by atoms with Crippen LogP contribution in [-0.2, 0) is 14.9 Å². The van der Waals surface area contributed by atoms with Crippen LogP contribution in [0.4, 0.5) is 22.7 Å². The molecular formula is C45H46N4O9S. The summed E-state index contributed by atoms with van der Waals surface area (Å²) in [6.07, 6.45) is 6.75. The molecule has 6 rings (SSSR count). The zero-order chi connectivity index (χ0) is 42.3.